The first-order valence-electron chi connectivity index (χ1n) is 8.15. The van der Waals surface area contributed by atoms with Crippen LogP contribution < -0.4 is 10.1 Å². The van der Waals surface area contributed by atoms with E-state index in [0.717, 1.165) is 18.4 Å². The summed E-state index contributed by atoms with van der Waals surface area (Å²) in [5.41, 5.74) is 0.986. The van der Waals surface area contributed by atoms with E-state index < -0.39 is 5.97 Å². The van der Waals surface area contributed by atoms with Gasteiger partial charge in [-0.2, -0.15) is 0 Å². The molecule has 0 heterocycles. The number of carbonyl (C=O) groups excluding carboxylic acids is 2. The van der Waals surface area contributed by atoms with E-state index in [9.17, 15) is 9.59 Å². The van der Waals surface area contributed by atoms with Gasteiger partial charge < -0.3 is 14.8 Å². The number of rotatable bonds is 7. The molecule has 0 saturated heterocycles. The minimum absolute atomic E-state index is 0.169. The predicted molar refractivity (Wildman–Crippen MR) is 98.7 cm³/mol. The van der Waals surface area contributed by atoms with Gasteiger partial charge in [0.05, 0.1) is 0 Å². The lowest BCUT2D eigenvalue weighted by atomic mass is 10.2. The van der Waals surface area contributed by atoms with Gasteiger partial charge in [0.15, 0.2) is 6.61 Å². The van der Waals surface area contributed by atoms with Crippen LogP contribution in [-0.2, 0) is 16.1 Å². The highest BCUT2D eigenvalue weighted by Gasteiger charge is 2.24. The molecule has 1 N–H and O–H groups in total. The highest BCUT2D eigenvalue weighted by Crippen LogP contribution is 2.25. The number of benzene rings is 2. The molecule has 7 heteroatoms. The van der Waals surface area contributed by atoms with Crippen LogP contribution in [0.2, 0.25) is 10.0 Å². The first-order valence-corrected chi connectivity index (χ1v) is 8.91. The van der Waals surface area contributed by atoms with Gasteiger partial charge in [-0.25, -0.2) is 4.79 Å². The molecule has 1 fully saturated rings. The predicted octanol–water partition coefficient (Wildman–Crippen LogP) is 4.01. The van der Waals surface area contributed by atoms with Crippen LogP contribution in [0.25, 0.3) is 0 Å². The van der Waals surface area contributed by atoms with Crippen molar-refractivity contribution in [3.05, 3.63) is 63.6 Å². The molecule has 2 aromatic rings. The van der Waals surface area contributed by atoms with Crippen molar-refractivity contribution < 1.29 is 19.1 Å². The van der Waals surface area contributed by atoms with Crippen molar-refractivity contribution in [2.75, 3.05) is 6.61 Å². The minimum Gasteiger partial charge on any atom is -0.488 e. The fraction of sp³-hybridized carbons (Fsp3) is 0.263. The van der Waals surface area contributed by atoms with Crippen molar-refractivity contribution >= 4 is 35.1 Å². The van der Waals surface area contributed by atoms with Crippen molar-refractivity contribution in [3.8, 4) is 5.75 Å². The van der Waals surface area contributed by atoms with E-state index in [1.807, 2.05) is 0 Å². The van der Waals surface area contributed by atoms with E-state index in [1.165, 1.54) is 0 Å². The Bertz CT molecular complexity index is 821. The van der Waals surface area contributed by atoms with Crippen molar-refractivity contribution in [2.45, 2.75) is 25.5 Å². The fourth-order valence-electron chi connectivity index (χ4n) is 2.26. The van der Waals surface area contributed by atoms with Gasteiger partial charge >= 0.3 is 5.97 Å². The van der Waals surface area contributed by atoms with Crippen LogP contribution in [0.5, 0.6) is 5.75 Å². The lowest BCUT2D eigenvalue weighted by Gasteiger charge is -2.12. The van der Waals surface area contributed by atoms with Gasteiger partial charge in [-0.15, -0.1) is 0 Å². The molecule has 0 spiro atoms. The molecule has 0 unspecified atom stereocenters. The maximum Gasteiger partial charge on any atom is 0.342 e. The highest BCUT2D eigenvalue weighted by atomic mass is 35.5. The second kappa shape index (κ2) is 8.43. The largest absolute Gasteiger partial charge is 0.488 e. The SMILES string of the molecule is O=C(COC(=O)c1ccccc1OCc1ccc(Cl)cc1Cl)NC1CC1. The number of nitrogens with one attached hydrogen (secondary N) is 1. The number of para-hydroxylation sites is 1. The summed E-state index contributed by atoms with van der Waals surface area (Å²) in [6.45, 7) is -0.144. The Morgan fingerprint density at radius 1 is 1.12 bits per heavy atom. The van der Waals surface area contributed by atoms with Crippen LogP contribution in [-0.4, -0.2) is 24.5 Å². The molecule has 2 aromatic carbocycles. The van der Waals surface area contributed by atoms with Crippen LogP contribution >= 0.6 is 23.2 Å². The number of hydrogen-bond acceptors (Lipinski definition) is 4. The van der Waals surface area contributed by atoms with Gasteiger partial charge in [0.25, 0.3) is 5.91 Å². The third kappa shape index (κ3) is 5.13. The van der Waals surface area contributed by atoms with Crippen molar-refractivity contribution in [2.24, 2.45) is 0 Å². The summed E-state index contributed by atoms with van der Waals surface area (Å²) in [7, 11) is 0. The first kappa shape index (κ1) is 18.5. The Morgan fingerprint density at radius 3 is 2.62 bits per heavy atom. The Labute approximate surface area is 161 Å². The van der Waals surface area contributed by atoms with E-state index in [1.54, 1.807) is 42.5 Å². The third-order valence-electron chi connectivity index (χ3n) is 3.78. The summed E-state index contributed by atoms with van der Waals surface area (Å²) in [5.74, 6) is -0.563. The van der Waals surface area contributed by atoms with Gasteiger partial charge in [0.1, 0.15) is 17.9 Å². The number of esters is 1. The number of ether oxygens (including phenoxy) is 2. The first-order chi connectivity index (χ1) is 12.5. The van der Waals surface area contributed by atoms with E-state index in [4.69, 9.17) is 32.7 Å². The van der Waals surface area contributed by atoms with Gasteiger partial charge in [-0.05, 0) is 37.1 Å². The summed E-state index contributed by atoms with van der Waals surface area (Å²) in [6.07, 6.45) is 1.95. The molecule has 0 aliphatic heterocycles. The Hall–Kier alpha value is -2.24. The van der Waals surface area contributed by atoms with Crippen LogP contribution in [0.3, 0.4) is 0 Å². The van der Waals surface area contributed by atoms with Gasteiger partial charge in [-0.3, -0.25) is 4.79 Å². The molecule has 1 saturated carbocycles. The zero-order chi connectivity index (χ0) is 18.5. The van der Waals surface area contributed by atoms with Crippen molar-refractivity contribution in [1.82, 2.24) is 5.32 Å². The Balaban J connectivity index is 1.61. The molecule has 1 amide bonds. The zero-order valence-electron chi connectivity index (χ0n) is 13.8. The Kier molecular flexibility index (Phi) is 6.01. The van der Waals surface area contributed by atoms with Crippen LogP contribution in [0.4, 0.5) is 0 Å². The van der Waals surface area contributed by atoms with E-state index >= 15 is 0 Å². The molecule has 26 heavy (non-hydrogen) atoms. The fourth-order valence-corrected chi connectivity index (χ4v) is 2.72. The molecule has 0 radical (unpaired) electrons. The third-order valence-corrected chi connectivity index (χ3v) is 4.37. The molecular weight excluding hydrogens is 377 g/mol. The number of carbonyl (C=O) groups is 2. The molecular formula is C19H17Cl2NO4. The molecule has 0 bridgehead atoms. The summed E-state index contributed by atoms with van der Waals surface area (Å²) in [4.78, 5) is 23.9. The standard InChI is InChI=1S/C19H17Cl2NO4/c20-13-6-5-12(16(21)9-13)10-25-17-4-2-1-3-15(17)19(24)26-11-18(23)22-14-7-8-14/h1-6,9,14H,7-8,10-11H2,(H,22,23). The lowest BCUT2D eigenvalue weighted by molar-refractivity contribution is -0.124. The van der Waals surface area contributed by atoms with E-state index in [-0.39, 0.29) is 30.7 Å². The zero-order valence-corrected chi connectivity index (χ0v) is 15.3. The molecule has 1 aliphatic carbocycles. The van der Waals surface area contributed by atoms with Crippen molar-refractivity contribution in [1.29, 1.82) is 0 Å². The van der Waals surface area contributed by atoms with Gasteiger partial charge in [-0.1, -0.05) is 41.4 Å². The normalized spacial score (nSPS) is 13.2. The van der Waals surface area contributed by atoms with Crippen LogP contribution in [0.1, 0.15) is 28.8 Å². The number of halogens is 2. The molecule has 3 rings (SSSR count). The molecule has 1 aliphatic rings. The number of amides is 1. The quantitative estimate of drug-likeness (QED) is 0.721. The minimum atomic E-state index is -0.617. The maximum absolute atomic E-state index is 12.3. The second-order valence-corrected chi connectivity index (χ2v) is 6.78. The number of hydrogen-bond donors (Lipinski definition) is 1. The van der Waals surface area contributed by atoms with Crippen LogP contribution in [0, 0.1) is 0 Å². The van der Waals surface area contributed by atoms with Crippen LogP contribution in [0.15, 0.2) is 42.5 Å². The molecule has 136 valence electrons. The molecule has 5 nitrogen and oxygen atoms in total. The van der Waals surface area contributed by atoms with E-state index in [2.05, 4.69) is 5.32 Å². The average molecular weight is 394 g/mol. The van der Waals surface area contributed by atoms with Gasteiger partial charge in [0.2, 0.25) is 0 Å². The topological polar surface area (TPSA) is 64.6 Å². The smallest absolute Gasteiger partial charge is 0.342 e. The van der Waals surface area contributed by atoms with Crippen molar-refractivity contribution in [3.63, 3.8) is 0 Å². The highest BCUT2D eigenvalue weighted by molar-refractivity contribution is 6.35. The van der Waals surface area contributed by atoms with E-state index in [0.29, 0.717) is 15.8 Å². The summed E-state index contributed by atoms with van der Waals surface area (Å²) >= 11 is 12.0. The van der Waals surface area contributed by atoms with Gasteiger partial charge in [0, 0.05) is 21.7 Å². The average Bonchev–Trinajstić information content (AvgIpc) is 3.43. The summed E-state index contributed by atoms with van der Waals surface area (Å²) in [5, 5.41) is 3.78. The lowest BCUT2D eigenvalue weighted by Crippen LogP contribution is -2.30. The second-order valence-electron chi connectivity index (χ2n) is 5.94. The monoisotopic (exact) mass is 393 g/mol. The summed E-state index contributed by atoms with van der Waals surface area (Å²) < 4.78 is 10.8. The molecule has 0 aromatic heterocycles. The molecule has 0 atom stereocenters. The Morgan fingerprint density at radius 2 is 1.88 bits per heavy atom. The summed E-state index contributed by atoms with van der Waals surface area (Å²) in [6, 6.07) is 12.0. The maximum atomic E-state index is 12.3.